The molecule has 0 aliphatic carbocycles. The highest BCUT2D eigenvalue weighted by Gasteiger charge is 2.23. The van der Waals surface area contributed by atoms with Crippen LogP contribution in [0.5, 0.6) is 0 Å². The van der Waals surface area contributed by atoms with Crippen molar-refractivity contribution in [3.8, 4) is 0 Å². The van der Waals surface area contributed by atoms with Crippen LogP contribution in [0.1, 0.15) is 10.7 Å². The number of hydrogen-bond acceptors (Lipinski definition) is 6. The molecule has 0 unspecified atom stereocenters. The third-order valence-corrected chi connectivity index (χ3v) is 7.09. The van der Waals surface area contributed by atoms with Crippen molar-refractivity contribution < 1.29 is 8.42 Å². The van der Waals surface area contributed by atoms with E-state index in [9.17, 15) is 8.42 Å². The van der Waals surface area contributed by atoms with Gasteiger partial charge >= 0.3 is 0 Å². The molecular weight excluding hydrogens is 481 g/mol. The predicted octanol–water partition coefficient (Wildman–Crippen LogP) is 1.11. The maximum atomic E-state index is 12.2. The number of guanidine groups is 1. The minimum Gasteiger partial charge on any atom is -0.355 e. The van der Waals surface area contributed by atoms with Crippen molar-refractivity contribution in [2.45, 2.75) is 13.5 Å². The molecule has 2 N–H and O–H groups in total. The first kappa shape index (κ1) is 21.9. The maximum absolute atomic E-state index is 12.2. The maximum Gasteiger partial charge on any atom is 0.215 e. The van der Waals surface area contributed by atoms with Crippen LogP contribution in [0.2, 0.25) is 0 Å². The standard InChI is InChI=1S/C13H23N5O2S3.HI/c1-11-10-22-12(17-11)9-16-13(14-2)15-3-8-23(19,20)18-4-6-21-7-5-18;/h10H,3-9H2,1-2H3,(H2,14,15,16);1H. The first-order chi connectivity index (χ1) is 11.0. The average molecular weight is 505 g/mol. The highest BCUT2D eigenvalue weighted by molar-refractivity contribution is 14.0. The van der Waals surface area contributed by atoms with Gasteiger partial charge in [-0.2, -0.15) is 11.8 Å². The minimum absolute atomic E-state index is 0. The lowest BCUT2D eigenvalue weighted by Crippen LogP contribution is -2.44. The third kappa shape index (κ3) is 7.02. The third-order valence-electron chi connectivity index (χ3n) is 3.31. The minimum atomic E-state index is -3.19. The zero-order chi connectivity index (χ0) is 16.7. The van der Waals surface area contributed by atoms with Crippen molar-refractivity contribution in [1.82, 2.24) is 19.9 Å². The van der Waals surface area contributed by atoms with E-state index in [1.165, 1.54) is 0 Å². The number of thiazole rings is 1. The van der Waals surface area contributed by atoms with Gasteiger partial charge in [0.05, 0.1) is 12.3 Å². The monoisotopic (exact) mass is 505 g/mol. The molecule has 7 nitrogen and oxygen atoms in total. The molecule has 0 radical (unpaired) electrons. The second-order valence-corrected chi connectivity index (χ2v) is 9.32. The Hall–Kier alpha value is -0.110. The molecule has 1 saturated heterocycles. The lowest BCUT2D eigenvalue weighted by molar-refractivity contribution is 0.443. The summed E-state index contributed by atoms with van der Waals surface area (Å²) < 4.78 is 26.1. The van der Waals surface area contributed by atoms with Gasteiger partial charge in [-0.05, 0) is 6.92 Å². The number of aromatic nitrogens is 1. The second-order valence-electron chi connectivity index (χ2n) is 5.06. The first-order valence-corrected chi connectivity index (χ1v) is 11.1. The highest BCUT2D eigenvalue weighted by atomic mass is 127. The number of halogens is 1. The van der Waals surface area contributed by atoms with Gasteiger partial charge in [0, 0.05) is 49.3 Å². The molecule has 0 bridgehead atoms. The number of aliphatic imine (C=N–C) groups is 1. The van der Waals surface area contributed by atoms with Crippen molar-refractivity contribution in [3.05, 3.63) is 16.1 Å². The van der Waals surface area contributed by atoms with Crippen LogP contribution in [-0.4, -0.2) is 67.6 Å². The summed E-state index contributed by atoms with van der Waals surface area (Å²) in [6.45, 7) is 4.10. The fraction of sp³-hybridized carbons (Fsp3) is 0.692. The fourth-order valence-corrected chi connectivity index (χ4v) is 5.32. The molecule has 2 heterocycles. The first-order valence-electron chi connectivity index (χ1n) is 7.42. The van der Waals surface area contributed by atoms with E-state index in [0.717, 1.165) is 22.2 Å². The lowest BCUT2D eigenvalue weighted by atomic mass is 10.5. The number of thioether (sulfide) groups is 1. The van der Waals surface area contributed by atoms with E-state index in [4.69, 9.17) is 0 Å². The molecule has 1 fully saturated rings. The van der Waals surface area contributed by atoms with Gasteiger partial charge in [-0.15, -0.1) is 35.3 Å². The number of sulfonamides is 1. The van der Waals surface area contributed by atoms with Crippen molar-refractivity contribution in [1.29, 1.82) is 0 Å². The Balaban J connectivity index is 0.00000288. The topological polar surface area (TPSA) is 86.7 Å². The molecule has 0 atom stereocenters. The van der Waals surface area contributed by atoms with Crippen LogP contribution < -0.4 is 10.6 Å². The molecular formula is C13H24IN5O2S3. The van der Waals surface area contributed by atoms with Gasteiger partial charge in [-0.25, -0.2) is 17.7 Å². The van der Waals surface area contributed by atoms with Gasteiger partial charge in [-0.3, -0.25) is 4.99 Å². The predicted molar refractivity (Wildman–Crippen MR) is 113 cm³/mol. The normalized spacial score (nSPS) is 16.5. The van der Waals surface area contributed by atoms with E-state index in [1.54, 1.807) is 34.5 Å². The fourth-order valence-electron chi connectivity index (χ4n) is 2.12. The van der Waals surface area contributed by atoms with Crippen LogP contribution in [0.25, 0.3) is 0 Å². The van der Waals surface area contributed by atoms with Crippen LogP contribution in [0, 0.1) is 6.92 Å². The quantitative estimate of drug-likeness (QED) is 0.343. The molecule has 0 amide bonds. The van der Waals surface area contributed by atoms with E-state index in [2.05, 4.69) is 20.6 Å². The van der Waals surface area contributed by atoms with E-state index >= 15 is 0 Å². The summed E-state index contributed by atoms with van der Waals surface area (Å²) in [6, 6.07) is 0. The van der Waals surface area contributed by atoms with E-state index in [0.29, 0.717) is 32.1 Å². The van der Waals surface area contributed by atoms with E-state index < -0.39 is 10.0 Å². The van der Waals surface area contributed by atoms with Gasteiger partial charge in [-0.1, -0.05) is 0 Å². The molecule has 1 aliphatic rings. The van der Waals surface area contributed by atoms with Crippen LogP contribution >= 0.6 is 47.1 Å². The highest BCUT2D eigenvalue weighted by Crippen LogP contribution is 2.13. The molecule has 0 aromatic carbocycles. The summed E-state index contributed by atoms with van der Waals surface area (Å²) in [5.74, 6) is 2.42. The van der Waals surface area contributed by atoms with Crippen LogP contribution in [-0.2, 0) is 16.6 Å². The molecule has 24 heavy (non-hydrogen) atoms. The summed E-state index contributed by atoms with van der Waals surface area (Å²) in [7, 11) is -1.52. The Bertz CT molecular complexity index is 629. The zero-order valence-electron chi connectivity index (χ0n) is 13.8. The summed E-state index contributed by atoms with van der Waals surface area (Å²) in [5, 5.41) is 9.16. The summed E-state index contributed by atoms with van der Waals surface area (Å²) in [5.41, 5.74) is 1.00. The molecule has 0 spiro atoms. The summed E-state index contributed by atoms with van der Waals surface area (Å²) >= 11 is 3.39. The van der Waals surface area contributed by atoms with E-state index in [1.807, 2.05) is 12.3 Å². The number of rotatable bonds is 6. The zero-order valence-corrected chi connectivity index (χ0v) is 18.6. The lowest BCUT2D eigenvalue weighted by Gasteiger charge is -2.25. The molecule has 11 heteroatoms. The van der Waals surface area contributed by atoms with Crippen molar-refractivity contribution in [2.75, 3.05) is 43.9 Å². The van der Waals surface area contributed by atoms with Crippen LogP contribution in [0.3, 0.4) is 0 Å². The van der Waals surface area contributed by atoms with Gasteiger partial charge in [0.15, 0.2) is 5.96 Å². The number of nitrogens with zero attached hydrogens (tertiary/aromatic N) is 3. The Morgan fingerprint density at radius 2 is 2.08 bits per heavy atom. The average Bonchev–Trinajstić information content (AvgIpc) is 2.97. The largest absolute Gasteiger partial charge is 0.355 e. The number of nitrogens with one attached hydrogen (secondary N) is 2. The number of hydrogen-bond donors (Lipinski definition) is 2. The van der Waals surface area contributed by atoms with E-state index in [-0.39, 0.29) is 29.7 Å². The van der Waals surface area contributed by atoms with Gasteiger partial charge < -0.3 is 10.6 Å². The number of aryl methyl sites for hydroxylation is 1. The van der Waals surface area contributed by atoms with Crippen LogP contribution in [0.4, 0.5) is 0 Å². The molecule has 1 aliphatic heterocycles. The molecule has 1 aromatic heterocycles. The summed E-state index contributed by atoms with van der Waals surface area (Å²) in [6.07, 6.45) is 0. The van der Waals surface area contributed by atoms with Crippen molar-refractivity contribution in [2.24, 2.45) is 4.99 Å². The molecule has 0 saturated carbocycles. The Labute approximate surface area is 169 Å². The van der Waals surface area contributed by atoms with Crippen molar-refractivity contribution in [3.63, 3.8) is 0 Å². The smallest absolute Gasteiger partial charge is 0.215 e. The molecule has 1 aromatic rings. The van der Waals surface area contributed by atoms with Gasteiger partial charge in [0.2, 0.25) is 10.0 Å². The van der Waals surface area contributed by atoms with Crippen molar-refractivity contribution >= 4 is 63.1 Å². The summed E-state index contributed by atoms with van der Waals surface area (Å²) in [4.78, 5) is 8.47. The molecule has 2 rings (SSSR count). The van der Waals surface area contributed by atoms with Gasteiger partial charge in [0.1, 0.15) is 5.01 Å². The second kappa shape index (κ2) is 10.8. The Morgan fingerprint density at radius 3 is 2.67 bits per heavy atom. The molecule has 138 valence electrons. The van der Waals surface area contributed by atoms with Gasteiger partial charge in [0.25, 0.3) is 0 Å². The Morgan fingerprint density at radius 1 is 1.38 bits per heavy atom. The SMILES string of the molecule is CN=C(NCCS(=O)(=O)N1CCSCC1)NCc1nc(C)cs1.I. The Kier molecular flexibility index (Phi) is 9.86. The van der Waals surface area contributed by atoms with Crippen LogP contribution in [0.15, 0.2) is 10.4 Å².